The lowest BCUT2D eigenvalue weighted by Gasteiger charge is -2.19. The molecule has 1 aliphatic heterocycles. The van der Waals surface area contributed by atoms with Crippen LogP contribution in [0.1, 0.15) is 30.6 Å². The summed E-state index contributed by atoms with van der Waals surface area (Å²) >= 11 is 0. The zero-order chi connectivity index (χ0) is 10.9. The molecule has 0 spiro atoms. The molecule has 79 valence electrons. The second-order valence-corrected chi connectivity index (χ2v) is 4.73. The second-order valence-electron chi connectivity index (χ2n) is 4.73. The highest BCUT2D eigenvalue weighted by Gasteiger charge is 2.32. The first-order valence-corrected chi connectivity index (χ1v) is 5.13. The Balaban J connectivity index is 2.11. The van der Waals surface area contributed by atoms with Crippen LogP contribution in [0.2, 0.25) is 0 Å². The quantitative estimate of drug-likeness (QED) is 0.700. The number of pyridine rings is 1. The standard InChI is InChI=1S/C12H15N2O/c1-12(2)5-7-14(9-12)11(15)10-4-3-6-13-8-10/h3-4,6-8H,5,9H2,1-2H3. The van der Waals surface area contributed by atoms with E-state index in [-0.39, 0.29) is 11.3 Å². The summed E-state index contributed by atoms with van der Waals surface area (Å²) in [5.41, 5.74) is 0.865. The molecule has 2 heterocycles. The van der Waals surface area contributed by atoms with Gasteiger partial charge in [0.1, 0.15) is 0 Å². The van der Waals surface area contributed by atoms with Crippen LogP contribution >= 0.6 is 0 Å². The van der Waals surface area contributed by atoms with E-state index in [0.717, 1.165) is 13.0 Å². The maximum absolute atomic E-state index is 12.0. The van der Waals surface area contributed by atoms with Crippen LogP contribution in [-0.2, 0) is 0 Å². The predicted octanol–water partition coefficient (Wildman–Crippen LogP) is 2.12. The molecule has 0 saturated carbocycles. The minimum absolute atomic E-state index is 0.0497. The Bertz CT molecular complexity index is 359. The van der Waals surface area contributed by atoms with E-state index in [2.05, 4.69) is 18.8 Å². The minimum Gasteiger partial charge on any atom is -0.333 e. The Morgan fingerprint density at radius 1 is 1.53 bits per heavy atom. The third kappa shape index (κ3) is 2.17. The highest BCUT2D eigenvalue weighted by Crippen LogP contribution is 2.32. The molecule has 1 fully saturated rings. The van der Waals surface area contributed by atoms with Crippen LogP contribution in [0.3, 0.4) is 0 Å². The fourth-order valence-electron chi connectivity index (χ4n) is 1.76. The van der Waals surface area contributed by atoms with Gasteiger partial charge >= 0.3 is 0 Å². The van der Waals surface area contributed by atoms with Gasteiger partial charge in [-0.3, -0.25) is 9.78 Å². The van der Waals surface area contributed by atoms with Gasteiger partial charge in [0.25, 0.3) is 5.91 Å². The van der Waals surface area contributed by atoms with Gasteiger partial charge in [-0.1, -0.05) is 13.8 Å². The summed E-state index contributed by atoms with van der Waals surface area (Å²) in [7, 11) is 0. The van der Waals surface area contributed by atoms with Crippen LogP contribution in [0.25, 0.3) is 0 Å². The van der Waals surface area contributed by atoms with Crippen molar-refractivity contribution in [2.75, 3.05) is 6.54 Å². The number of aromatic nitrogens is 1. The van der Waals surface area contributed by atoms with Crippen LogP contribution in [0.5, 0.6) is 0 Å². The van der Waals surface area contributed by atoms with E-state index in [9.17, 15) is 4.79 Å². The number of carbonyl (C=O) groups is 1. The largest absolute Gasteiger partial charge is 0.333 e. The maximum Gasteiger partial charge on any atom is 0.255 e. The lowest BCUT2D eigenvalue weighted by atomic mass is 9.93. The molecule has 1 radical (unpaired) electrons. The van der Waals surface area contributed by atoms with Crippen molar-refractivity contribution in [2.24, 2.45) is 5.41 Å². The first kappa shape index (κ1) is 10.1. The first-order valence-electron chi connectivity index (χ1n) is 5.13. The van der Waals surface area contributed by atoms with Crippen molar-refractivity contribution < 1.29 is 4.79 Å². The van der Waals surface area contributed by atoms with Gasteiger partial charge < -0.3 is 4.90 Å². The Morgan fingerprint density at radius 3 is 2.87 bits per heavy atom. The highest BCUT2D eigenvalue weighted by atomic mass is 16.2. The Labute approximate surface area is 90.1 Å². The van der Waals surface area contributed by atoms with E-state index in [1.807, 2.05) is 6.54 Å². The molecule has 3 heteroatoms. The van der Waals surface area contributed by atoms with Gasteiger partial charge in [-0.2, -0.15) is 0 Å². The molecule has 0 aliphatic carbocycles. The molecule has 15 heavy (non-hydrogen) atoms. The smallest absolute Gasteiger partial charge is 0.255 e. The summed E-state index contributed by atoms with van der Waals surface area (Å²) in [6.07, 6.45) is 4.24. The molecule has 1 aliphatic rings. The Hall–Kier alpha value is -1.38. The third-order valence-electron chi connectivity index (χ3n) is 2.63. The van der Waals surface area contributed by atoms with E-state index in [4.69, 9.17) is 0 Å². The van der Waals surface area contributed by atoms with E-state index in [1.54, 1.807) is 29.4 Å². The fraction of sp³-hybridized carbons (Fsp3) is 0.417. The van der Waals surface area contributed by atoms with Crippen molar-refractivity contribution in [3.63, 3.8) is 0 Å². The van der Waals surface area contributed by atoms with E-state index in [1.165, 1.54) is 0 Å². The van der Waals surface area contributed by atoms with Gasteiger partial charge in [0.2, 0.25) is 0 Å². The van der Waals surface area contributed by atoms with Gasteiger partial charge in [0.05, 0.1) is 12.1 Å². The molecule has 1 saturated heterocycles. The van der Waals surface area contributed by atoms with Crippen molar-refractivity contribution in [1.82, 2.24) is 9.88 Å². The molecule has 1 aromatic heterocycles. The molecule has 0 aromatic carbocycles. The lowest BCUT2D eigenvalue weighted by Crippen LogP contribution is -2.28. The maximum atomic E-state index is 12.0. The number of carbonyl (C=O) groups excluding carboxylic acids is 1. The number of amides is 1. The van der Waals surface area contributed by atoms with Crippen molar-refractivity contribution >= 4 is 5.91 Å². The van der Waals surface area contributed by atoms with Gasteiger partial charge in [0, 0.05) is 18.9 Å². The number of likely N-dealkylation sites (tertiary alicyclic amines) is 1. The van der Waals surface area contributed by atoms with Crippen LogP contribution in [-0.4, -0.2) is 22.3 Å². The van der Waals surface area contributed by atoms with E-state index in [0.29, 0.717) is 5.56 Å². The molecule has 0 N–H and O–H groups in total. The average Bonchev–Trinajstić information content (AvgIpc) is 2.59. The molecular weight excluding hydrogens is 188 g/mol. The molecule has 0 unspecified atom stereocenters. The number of nitrogens with zero attached hydrogens (tertiary/aromatic N) is 2. The Morgan fingerprint density at radius 2 is 2.33 bits per heavy atom. The molecule has 1 aromatic rings. The number of rotatable bonds is 1. The number of hydrogen-bond acceptors (Lipinski definition) is 2. The van der Waals surface area contributed by atoms with Crippen LogP contribution in [0.4, 0.5) is 0 Å². The SMILES string of the molecule is CC1(C)C[CH]N(C(=O)c2cccnc2)C1. The topological polar surface area (TPSA) is 33.2 Å². The third-order valence-corrected chi connectivity index (χ3v) is 2.63. The van der Waals surface area contributed by atoms with Gasteiger partial charge in [-0.05, 0) is 24.0 Å². The average molecular weight is 203 g/mol. The number of hydrogen-bond donors (Lipinski definition) is 0. The monoisotopic (exact) mass is 203 g/mol. The van der Waals surface area contributed by atoms with Crippen molar-refractivity contribution in [3.8, 4) is 0 Å². The van der Waals surface area contributed by atoms with Crippen LogP contribution in [0.15, 0.2) is 24.5 Å². The zero-order valence-electron chi connectivity index (χ0n) is 9.10. The molecule has 0 bridgehead atoms. The summed E-state index contributed by atoms with van der Waals surface area (Å²) < 4.78 is 0. The fourth-order valence-corrected chi connectivity index (χ4v) is 1.76. The van der Waals surface area contributed by atoms with Gasteiger partial charge in [0.15, 0.2) is 0 Å². The van der Waals surface area contributed by atoms with Crippen molar-refractivity contribution in [3.05, 3.63) is 36.6 Å². The second kappa shape index (κ2) is 3.65. The summed E-state index contributed by atoms with van der Waals surface area (Å²) in [6, 6.07) is 3.59. The molecule has 1 amide bonds. The summed E-state index contributed by atoms with van der Waals surface area (Å²) in [4.78, 5) is 17.7. The zero-order valence-corrected chi connectivity index (χ0v) is 9.10. The first-order chi connectivity index (χ1) is 7.08. The van der Waals surface area contributed by atoms with Gasteiger partial charge in [-0.25, -0.2) is 0 Å². The van der Waals surface area contributed by atoms with Crippen LogP contribution < -0.4 is 0 Å². The lowest BCUT2D eigenvalue weighted by molar-refractivity contribution is 0.0803. The van der Waals surface area contributed by atoms with E-state index >= 15 is 0 Å². The van der Waals surface area contributed by atoms with Crippen molar-refractivity contribution in [1.29, 1.82) is 0 Å². The van der Waals surface area contributed by atoms with E-state index < -0.39 is 0 Å². The molecule has 2 rings (SSSR count). The summed E-state index contributed by atoms with van der Waals surface area (Å²) in [5, 5.41) is 0. The van der Waals surface area contributed by atoms with Crippen LogP contribution in [0, 0.1) is 12.0 Å². The van der Waals surface area contributed by atoms with Gasteiger partial charge in [-0.15, -0.1) is 0 Å². The predicted molar refractivity (Wildman–Crippen MR) is 58.0 cm³/mol. The Kier molecular flexibility index (Phi) is 2.47. The highest BCUT2D eigenvalue weighted by molar-refractivity contribution is 5.94. The molecule has 0 atom stereocenters. The molecule has 3 nitrogen and oxygen atoms in total. The molecular formula is C12H15N2O. The normalized spacial score (nSPS) is 19.2. The van der Waals surface area contributed by atoms with Crippen molar-refractivity contribution in [2.45, 2.75) is 20.3 Å². The summed E-state index contributed by atoms with van der Waals surface area (Å²) in [5.74, 6) is 0.0497. The summed E-state index contributed by atoms with van der Waals surface area (Å²) in [6.45, 7) is 7.11. The minimum atomic E-state index is 0.0497.